The minimum absolute atomic E-state index is 0.141. The molecule has 3 aromatic heterocycles. The molecule has 1 unspecified atom stereocenters. The fourth-order valence-corrected chi connectivity index (χ4v) is 3.24. The highest BCUT2D eigenvalue weighted by Crippen LogP contribution is 2.41. The molecule has 0 aliphatic heterocycles. The molecule has 0 spiro atoms. The summed E-state index contributed by atoms with van der Waals surface area (Å²) >= 11 is 0. The largest absolute Gasteiger partial charge is 0.494 e. The predicted octanol–water partition coefficient (Wildman–Crippen LogP) is 2.75. The Bertz CT molecular complexity index is 1120. The quantitative estimate of drug-likeness (QED) is 0.617. The van der Waals surface area contributed by atoms with E-state index in [1.807, 2.05) is 0 Å². The highest BCUT2D eigenvalue weighted by atomic mass is 19.3. The van der Waals surface area contributed by atoms with Gasteiger partial charge in [0.05, 0.1) is 38.3 Å². The number of alkyl halides is 2. The second kappa shape index (κ2) is 7.97. The van der Waals surface area contributed by atoms with Crippen LogP contribution in [-0.2, 0) is 6.54 Å². The normalized spacial score (nSPS) is 16.7. The number of hydrogen-bond donors (Lipinski definition) is 1. The lowest BCUT2D eigenvalue weighted by Crippen LogP contribution is -2.41. The average Bonchev–Trinajstić information content (AvgIpc) is 3.14. The number of pyridine rings is 1. The number of amides is 2. The Labute approximate surface area is 177 Å². The monoisotopic (exact) mass is 432 g/mol. The first-order valence-corrected chi connectivity index (χ1v) is 9.70. The number of halogens is 2. The number of aromatic nitrogens is 4. The summed E-state index contributed by atoms with van der Waals surface area (Å²) in [5, 5.41) is 2.36. The van der Waals surface area contributed by atoms with Crippen LogP contribution in [0.5, 0.6) is 11.6 Å². The number of nitrogens with one attached hydrogen (secondary N) is 1. The third-order valence-corrected chi connectivity index (χ3v) is 5.10. The van der Waals surface area contributed by atoms with Gasteiger partial charge in [-0.05, 0) is 13.0 Å². The Hall–Kier alpha value is -3.50. The standard InChI is InChI=1S/C20H22F2N6O3/c1-4-27(19(29)26-16-8-20(16,21)22)10-12-7-13(15(30-2)9-24-12)14-11-28-6-5-23-17(28)18(25-14)31-3/h5-7,9,11,16H,4,8,10H2,1-3H3,(H,26,29). The fraction of sp³-hybridized carbons (Fsp3) is 0.400. The SMILES string of the molecule is CCN(Cc1cc(-c2cn3ccnc3c(OC)n2)c(OC)cn1)C(=O)NC1CC1(F)F. The summed E-state index contributed by atoms with van der Waals surface area (Å²) in [4.78, 5) is 26.9. The first kappa shape index (κ1) is 20.8. The molecule has 9 nitrogen and oxygen atoms in total. The van der Waals surface area contributed by atoms with Crippen molar-refractivity contribution in [3.05, 3.63) is 36.5 Å². The molecule has 164 valence electrons. The molecule has 0 bridgehead atoms. The topological polar surface area (TPSA) is 93.9 Å². The number of urea groups is 1. The maximum Gasteiger partial charge on any atom is 0.318 e. The molecule has 1 N–H and O–H groups in total. The molecule has 1 aliphatic carbocycles. The van der Waals surface area contributed by atoms with Crippen molar-refractivity contribution in [2.75, 3.05) is 20.8 Å². The van der Waals surface area contributed by atoms with E-state index in [1.54, 1.807) is 36.0 Å². The van der Waals surface area contributed by atoms with Gasteiger partial charge in [-0.15, -0.1) is 0 Å². The van der Waals surface area contributed by atoms with Crippen LogP contribution in [0.1, 0.15) is 19.0 Å². The maximum absolute atomic E-state index is 13.1. The molecule has 1 atom stereocenters. The van der Waals surface area contributed by atoms with Crippen LogP contribution in [0.3, 0.4) is 0 Å². The van der Waals surface area contributed by atoms with E-state index in [2.05, 4.69) is 20.3 Å². The van der Waals surface area contributed by atoms with E-state index in [-0.39, 0.29) is 13.0 Å². The highest BCUT2D eigenvalue weighted by molar-refractivity contribution is 5.75. The lowest BCUT2D eigenvalue weighted by Gasteiger charge is -2.21. The van der Waals surface area contributed by atoms with Gasteiger partial charge in [0.2, 0.25) is 0 Å². The first-order chi connectivity index (χ1) is 14.9. The number of carbonyl (C=O) groups excluding carboxylic acids is 1. The molecule has 31 heavy (non-hydrogen) atoms. The van der Waals surface area contributed by atoms with Crippen molar-refractivity contribution in [1.29, 1.82) is 0 Å². The van der Waals surface area contributed by atoms with Crippen molar-refractivity contribution in [3.8, 4) is 22.9 Å². The molecule has 2 amide bonds. The zero-order chi connectivity index (χ0) is 22.2. The summed E-state index contributed by atoms with van der Waals surface area (Å²) in [6.07, 6.45) is 6.41. The van der Waals surface area contributed by atoms with Crippen molar-refractivity contribution in [2.45, 2.75) is 31.9 Å². The smallest absolute Gasteiger partial charge is 0.318 e. The highest BCUT2D eigenvalue weighted by Gasteiger charge is 2.58. The number of methoxy groups -OCH3 is 2. The Morgan fingerprint density at radius 2 is 2.13 bits per heavy atom. The van der Waals surface area contributed by atoms with E-state index in [0.717, 1.165) is 0 Å². The number of rotatable bonds is 7. The van der Waals surface area contributed by atoms with E-state index in [1.165, 1.54) is 25.3 Å². The zero-order valence-electron chi connectivity index (χ0n) is 17.3. The Balaban J connectivity index is 1.62. The van der Waals surface area contributed by atoms with Gasteiger partial charge in [-0.25, -0.2) is 23.5 Å². The third kappa shape index (κ3) is 4.07. The number of ether oxygens (including phenoxy) is 2. The molecule has 1 saturated carbocycles. The van der Waals surface area contributed by atoms with E-state index in [9.17, 15) is 13.6 Å². The summed E-state index contributed by atoms with van der Waals surface area (Å²) < 4.78 is 38.9. The van der Waals surface area contributed by atoms with E-state index in [4.69, 9.17) is 9.47 Å². The second-order valence-electron chi connectivity index (χ2n) is 7.15. The van der Waals surface area contributed by atoms with Gasteiger partial charge in [0.25, 0.3) is 11.8 Å². The minimum Gasteiger partial charge on any atom is -0.494 e. The molecular weight excluding hydrogens is 410 g/mol. The summed E-state index contributed by atoms with van der Waals surface area (Å²) in [5.74, 6) is -1.98. The summed E-state index contributed by atoms with van der Waals surface area (Å²) in [6, 6.07) is 0.0980. The minimum atomic E-state index is -2.82. The molecule has 1 fully saturated rings. The van der Waals surface area contributed by atoms with Crippen molar-refractivity contribution in [1.82, 2.24) is 29.6 Å². The van der Waals surface area contributed by atoms with Crippen LogP contribution in [-0.4, -0.2) is 63.0 Å². The first-order valence-electron chi connectivity index (χ1n) is 9.70. The van der Waals surface area contributed by atoms with Crippen LogP contribution < -0.4 is 14.8 Å². The molecular formula is C20H22F2N6O3. The number of hydrogen-bond acceptors (Lipinski definition) is 6. The van der Waals surface area contributed by atoms with Gasteiger partial charge in [0.1, 0.15) is 11.8 Å². The van der Waals surface area contributed by atoms with Crippen molar-refractivity contribution in [3.63, 3.8) is 0 Å². The predicted molar refractivity (Wildman–Crippen MR) is 107 cm³/mol. The fourth-order valence-electron chi connectivity index (χ4n) is 3.24. The summed E-state index contributed by atoms with van der Waals surface area (Å²) in [5.41, 5.74) is 2.34. The van der Waals surface area contributed by atoms with Crippen molar-refractivity contribution >= 4 is 11.7 Å². The molecule has 11 heteroatoms. The van der Waals surface area contributed by atoms with E-state index in [0.29, 0.717) is 40.8 Å². The molecule has 3 heterocycles. The van der Waals surface area contributed by atoms with E-state index >= 15 is 0 Å². The third-order valence-electron chi connectivity index (χ3n) is 5.10. The Kier molecular flexibility index (Phi) is 5.34. The van der Waals surface area contributed by atoms with E-state index < -0.39 is 18.0 Å². The summed E-state index contributed by atoms with van der Waals surface area (Å²) in [7, 11) is 3.03. The Morgan fingerprint density at radius 1 is 1.35 bits per heavy atom. The van der Waals surface area contributed by atoms with Gasteiger partial charge in [0, 0.05) is 37.1 Å². The summed E-state index contributed by atoms with van der Waals surface area (Å²) in [6.45, 7) is 2.25. The zero-order valence-corrected chi connectivity index (χ0v) is 17.3. The number of imidazole rings is 1. The van der Waals surface area contributed by atoms with Crippen LogP contribution in [0, 0.1) is 0 Å². The molecule has 0 saturated heterocycles. The van der Waals surface area contributed by atoms with Crippen molar-refractivity contribution < 1.29 is 23.0 Å². The van der Waals surface area contributed by atoms with Gasteiger partial charge >= 0.3 is 6.03 Å². The van der Waals surface area contributed by atoms with Crippen LogP contribution in [0.15, 0.2) is 30.9 Å². The Morgan fingerprint density at radius 3 is 2.77 bits per heavy atom. The number of carbonyl (C=O) groups is 1. The average molecular weight is 432 g/mol. The molecule has 0 radical (unpaired) electrons. The van der Waals surface area contributed by atoms with Crippen LogP contribution in [0.25, 0.3) is 16.9 Å². The lowest BCUT2D eigenvalue weighted by atomic mass is 10.1. The van der Waals surface area contributed by atoms with Crippen LogP contribution >= 0.6 is 0 Å². The lowest BCUT2D eigenvalue weighted by molar-refractivity contribution is 0.105. The molecule has 3 aromatic rings. The van der Waals surface area contributed by atoms with Crippen molar-refractivity contribution in [2.24, 2.45) is 0 Å². The van der Waals surface area contributed by atoms with Gasteiger partial charge in [-0.1, -0.05) is 0 Å². The van der Waals surface area contributed by atoms with Crippen LogP contribution in [0.2, 0.25) is 0 Å². The molecule has 1 aliphatic rings. The second-order valence-corrected chi connectivity index (χ2v) is 7.15. The number of fused-ring (bicyclic) bond motifs is 1. The van der Waals surface area contributed by atoms with Gasteiger partial charge in [-0.2, -0.15) is 0 Å². The van der Waals surface area contributed by atoms with Gasteiger partial charge in [-0.3, -0.25) is 4.98 Å². The number of nitrogens with zero attached hydrogens (tertiary/aromatic N) is 5. The molecule has 4 rings (SSSR count). The molecule has 0 aromatic carbocycles. The van der Waals surface area contributed by atoms with Gasteiger partial charge < -0.3 is 24.1 Å². The van der Waals surface area contributed by atoms with Gasteiger partial charge in [0.15, 0.2) is 5.65 Å². The van der Waals surface area contributed by atoms with Crippen LogP contribution in [0.4, 0.5) is 13.6 Å². The maximum atomic E-state index is 13.1.